The van der Waals surface area contributed by atoms with Gasteiger partial charge in [-0.05, 0) is 48.5 Å². The molecule has 3 heterocycles. The Morgan fingerprint density at radius 3 is 2.65 bits per heavy atom. The number of carbonyl (C=O) groups excluding carboxylic acids is 1. The number of anilines is 1. The first kappa shape index (κ1) is 24.7. The van der Waals surface area contributed by atoms with Crippen LogP contribution in [0.4, 0.5) is 14.9 Å². The van der Waals surface area contributed by atoms with Crippen molar-refractivity contribution in [3.05, 3.63) is 85.1 Å². The van der Waals surface area contributed by atoms with Gasteiger partial charge in [-0.25, -0.2) is 36.7 Å². The van der Waals surface area contributed by atoms with E-state index in [0.717, 1.165) is 23.5 Å². The summed E-state index contributed by atoms with van der Waals surface area (Å²) in [6, 6.07) is 9.24. The number of rotatable bonds is 5. The number of nitrogens with one attached hydrogen (secondary N) is 3. The molecule has 1 aliphatic rings. The highest BCUT2D eigenvalue weighted by Gasteiger charge is 2.21. The molecule has 2 aromatic carbocycles. The maximum absolute atomic E-state index is 15.0. The number of nitrogens with zero attached hydrogens (tertiary/aromatic N) is 2. The molecule has 15 heteroatoms. The minimum absolute atomic E-state index is 0.120. The van der Waals surface area contributed by atoms with E-state index in [-0.39, 0.29) is 30.8 Å². The molecule has 2 aromatic heterocycles. The standard InChI is InChI=1S/C22H15ClFN5O6S2/c23-17-5-6-18(36-17)37(33,34)28-21(31)26-12-2-4-16(14(24)10-12)29-20(30)13-3-1-11(19-25-7-8-35-19)9-15(13)27-22(29)32/h1-6,9-10H,7-8H2,(H,27,32)(H2,26,28,31). The minimum Gasteiger partial charge on any atom is -0.476 e. The van der Waals surface area contributed by atoms with E-state index in [1.165, 1.54) is 24.3 Å². The number of amides is 2. The Kier molecular flexibility index (Phi) is 6.31. The maximum Gasteiger partial charge on any atom is 0.333 e. The second-order valence-electron chi connectivity index (χ2n) is 7.65. The molecule has 0 saturated heterocycles. The van der Waals surface area contributed by atoms with Crippen LogP contribution in [0.5, 0.6) is 0 Å². The average molecular weight is 564 g/mol. The summed E-state index contributed by atoms with van der Waals surface area (Å²) in [6.45, 7) is 0.952. The van der Waals surface area contributed by atoms with Gasteiger partial charge in [-0.1, -0.05) is 11.6 Å². The number of hydrogen-bond donors (Lipinski definition) is 3. The normalized spacial score (nSPS) is 13.3. The minimum atomic E-state index is -4.19. The van der Waals surface area contributed by atoms with Crippen LogP contribution < -0.4 is 21.3 Å². The largest absolute Gasteiger partial charge is 0.476 e. The third-order valence-electron chi connectivity index (χ3n) is 5.22. The van der Waals surface area contributed by atoms with Gasteiger partial charge in [0, 0.05) is 11.3 Å². The SMILES string of the molecule is O=C(Nc1ccc(-n2c(=O)[nH]c3cc(C4=NCCO4)ccc3c2=O)c(F)c1)NS(=O)(=O)c1ccc(Cl)s1. The highest BCUT2D eigenvalue weighted by atomic mass is 35.5. The van der Waals surface area contributed by atoms with Crippen LogP contribution in [0.2, 0.25) is 4.34 Å². The van der Waals surface area contributed by atoms with Crippen LogP contribution in [0, 0.1) is 5.82 Å². The van der Waals surface area contributed by atoms with E-state index in [4.69, 9.17) is 16.3 Å². The molecule has 0 atom stereocenters. The summed E-state index contributed by atoms with van der Waals surface area (Å²) in [5, 5.41) is 2.32. The fourth-order valence-corrected chi connectivity index (χ4v) is 6.01. The summed E-state index contributed by atoms with van der Waals surface area (Å²) >= 11 is 6.48. The van der Waals surface area contributed by atoms with E-state index in [0.29, 0.717) is 29.2 Å². The molecule has 37 heavy (non-hydrogen) atoms. The van der Waals surface area contributed by atoms with Crippen LogP contribution in [0.25, 0.3) is 16.6 Å². The first-order valence-electron chi connectivity index (χ1n) is 10.5. The van der Waals surface area contributed by atoms with Crippen molar-refractivity contribution in [2.75, 3.05) is 18.5 Å². The molecule has 4 aromatic rings. The van der Waals surface area contributed by atoms with Crippen molar-refractivity contribution in [3.63, 3.8) is 0 Å². The molecular weight excluding hydrogens is 549 g/mol. The summed E-state index contributed by atoms with van der Waals surface area (Å²) < 4.78 is 47.3. The second-order valence-corrected chi connectivity index (χ2v) is 11.3. The maximum atomic E-state index is 15.0. The number of urea groups is 1. The van der Waals surface area contributed by atoms with Crippen molar-refractivity contribution in [1.29, 1.82) is 0 Å². The van der Waals surface area contributed by atoms with E-state index >= 15 is 0 Å². The molecule has 0 bridgehead atoms. The highest BCUT2D eigenvalue weighted by Crippen LogP contribution is 2.25. The average Bonchev–Trinajstić information content (AvgIpc) is 3.52. The van der Waals surface area contributed by atoms with Gasteiger partial charge in [0.05, 0.1) is 27.5 Å². The first-order valence-corrected chi connectivity index (χ1v) is 13.2. The summed E-state index contributed by atoms with van der Waals surface area (Å²) in [7, 11) is -4.19. The Balaban J connectivity index is 1.41. The molecule has 5 rings (SSSR count). The van der Waals surface area contributed by atoms with E-state index < -0.39 is 33.1 Å². The molecule has 0 radical (unpaired) electrons. The Bertz CT molecular complexity index is 1830. The summed E-state index contributed by atoms with van der Waals surface area (Å²) in [6.07, 6.45) is 0. The van der Waals surface area contributed by atoms with Gasteiger partial charge in [-0.15, -0.1) is 11.3 Å². The zero-order valence-electron chi connectivity index (χ0n) is 18.4. The quantitative estimate of drug-likeness (QED) is 0.339. The van der Waals surface area contributed by atoms with Crippen molar-refractivity contribution < 1.29 is 22.3 Å². The lowest BCUT2D eigenvalue weighted by molar-refractivity contribution is 0.256. The van der Waals surface area contributed by atoms with Crippen LogP contribution in [0.1, 0.15) is 5.56 Å². The van der Waals surface area contributed by atoms with Crippen molar-refractivity contribution in [3.8, 4) is 5.69 Å². The highest BCUT2D eigenvalue weighted by molar-refractivity contribution is 7.92. The van der Waals surface area contributed by atoms with Crippen molar-refractivity contribution in [1.82, 2.24) is 14.3 Å². The number of H-pyrrole nitrogens is 1. The van der Waals surface area contributed by atoms with Crippen LogP contribution >= 0.6 is 22.9 Å². The lowest BCUT2D eigenvalue weighted by atomic mass is 10.1. The number of ether oxygens (including phenoxy) is 1. The predicted molar refractivity (Wildman–Crippen MR) is 136 cm³/mol. The number of aromatic nitrogens is 2. The van der Waals surface area contributed by atoms with Crippen LogP contribution in [0.3, 0.4) is 0 Å². The first-order chi connectivity index (χ1) is 17.6. The van der Waals surface area contributed by atoms with Gasteiger partial charge in [-0.2, -0.15) is 0 Å². The summed E-state index contributed by atoms with van der Waals surface area (Å²) in [5.41, 5.74) is -1.33. The zero-order valence-corrected chi connectivity index (χ0v) is 20.8. The predicted octanol–water partition coefficient (Wildman–Crippen LogP) is 2.82. The Morgan fingerprint density at radius 1 is 1.16 bits per heavy atom. The van der Waals surface area contributed by atoms with Gasteiger partial charge in [-0.3, -0.25) is 4.79 Å². The molecule has 1 aliphatic heterocycles. The van der Waals surface area contributed by atoms with Gasteiger partial charge < -0.3 is 15.0 Å². The van der Waals surface area contributed by atoms with E-state index in [1.54, 1.807) is 16.9 Å². The van der Waals surface area contributed by atoms with Crippen molar-refractivity contribution in [2.24, 2.45) is 4.99 Å². The molecule has 190 valence electrons. The fourth-order valence-electron chi connectivity index (χ4n) is 3.62. The molecule has 0 aliphatic carbocycles. The van der Waals surface area contributed by atoms with Gasteiger partial charge in [0.2, 0.25) is 5.90 Å². The molecule has 0 fully saturated rings. The van der Waals surface area contributed by atoms with Crippen LogP contribution in [0.15, 0.2) is 67.3 Å². The Hall–Kier alpha value is -4.01. The summed E-state index contributed by atoms with van der Waals surface area (Å²) in [5.74, 6) is -0.611. The van der Waals surface area contributed by atoms with Crippen molar-refractivity contribution >= 4 is 61.5 Å². The van der Waals surface area contributed by atoms with Crippen LogP contribution in [-0.4, -0.2) is 43.0 Å². The van der Waals surface area contributed by atoms with Gasteiger partial charge in [0.1, 0.15) is 16.6 Å². The third kappa shape index (κ3) is 4.85. The molecule has 3 N–H and O–H groups in total. The lowest BCUT2D eigenvalue weighted by Gasteiger charge is -2.11. The Labute approximate surface area is 216 Å². The van der Waals surface area contributed by atoms with Crippen molar-refractivity contribution in [2.45, 2.75) is 4.21 Å². The van der Waals surface area contributed by atoms with Gasteiger partial charge in [0.15, 0.2) is 0 Å². The number of fused-ring (bicyclic) bond motifs is 1. The number of sulfonamides is 1. The monoisotopic (exact) mass is 563 g/mol. The van der Waals surface area contributed by atoms with Gasteiger partial charge >= 0.3 is 11.7 Å². The number of benzene rings is 2. The third-order valence-corrected chi connectivity index (χ3v) is 8.27. The lowest BCUT2D eigenvalue weighted by Crippen LogP contribution is -2.35. The molecule has 0 unspecified atom stereocenters. The molecular formula is C22H15ClFN5O6S2. The van der Waals surface area contributed by atoms with E-state index in [2.05, 4.69) is 15.3 Å². The van der Waals surface area contributed by atoms with Gasteiger partial charge in [0.25, 0.3) is 15.6 Å². The topological polar surface area (TPSA) is 152 Å². The smallest absolute Gasteiger partial charge is 0.333 e. The second kappa shape index (κ2) is 9.46. The van der Waals surface area contributed by atoms with E-state index in [9.17, 15) is 27.2 Å². The number of halogens is 2. The number of carbonyl (C=O) groups is 1. The molecule has 11 nitrogen and oxygen atoms in total. The number of aromatic amines is 1. The molecule has 0 saturated carbocycles. The molecule has 2 amide bonds. The number of thiophene rings is 1. The van der Waals surface area contributed by atoms with E-state index in [1.807, 2.05) is 0 Å². The molecule has 0 spiro atoms. The fraction of sp³-hybridized carbons (Fsp3) is 0.0909. The zero-order chi connectivity index (χ0) is 26.3. The number of aliphatic imine (C=N–C) groups is 1. The Morgan fingerprint density at radius 2 is 1.97 bits per heavy atom. The van der Waals surface area contributed by atoms with Crippen LogP contribution in [-0.2, 0) is 14.8 Å². The summed E-state index contributed by atoms with van der Waals surface area (Å²) in [4.78, 5) is 44.7. The number of hydrogen-bond acceptors (Lipinski definition) is 8.